The number of carboxylic acid groups (broad SMARTS) is 1. The van der Waals surface area contributed by atoms with Crippen LogP contribution in [0.25, 0.3) is 0 Å². The molecule has 1 saturated carbocycles. The van der Waals surface area contributed by atoms with E-state index in [9.17, 15) is 14.7 Å². The molecule has 0 aromatic heterocycles. The van der Waals surface area contributed by atoms with Crippen molar-refractivity contribution in [2.75, 3.05) is 7.11 Å². The summed E-state index contributed by atoms with van der Waals surface area (Å²) >= 11 is 0. The zero-order valence-corrected chi connectivity index (χ0v) is 13.1. The molecule has 1 aromatic carbocycles. The Bertz CT molecular complexity index is 551. The topological polar surface area (TPSA) is 75.6 Å². The normalized spacial score (nSPS) is 17.7. The lowest BCUT2D eigenvalue weighted by molar-refractivity contribution is -0.139. The predicted molar refractivity (Wildman–Crippen MR) is 82.7 cm³/mol. The number of ether oxygens (including phenoxy) is 1. The minimum absolute atomic E-state index is 0.00118. The second-order valence-corrected chi connectivity index (χ2v) is 6.11. The van der Waals surface area contributed by atoms with Crippen molar-refractivity contribution < 1.29 is 19.4 Å². The van der Waals surface area contributed by atoms with Crippen molar-refractivity contribution in [1.82, 2.24) is 5.32 Å². The fourth-order valence-corrected chi connectivity index (χ4v) is 3.05. The minimum Gasteiger partial charge on any atom is -0.497 e. The van der Waals surface area contributed by atoms with Gasteiger partial charge in [-0.3, -0.25) is 9.59 Å². The first kappa shape index (κ1) is 16.3. The third-order valence-electron chi connectivity index (χ3n) is 4.34. The zero-order chi connectivity index (χ0) is 16.2. The first-order valence-corrected chi connectivity index (χ1v) is 7.63. The van der Waals surface area contributed by atoms with E-state index >= 15 is 0 Å². The molecule has 120 valence electrons. The molecule has 0 spiro atoms. The highest BCUT2D eigenvalue weighted by Gasteiger charge is 2.34. The predicted octanol–water partition coefficient (Wildman–Crippen LogP) is 2.69. The van der Waals surface area contributed by atoms with Crippen molar-refractivity contribution in [3.8, 4) is 5.75 Å². The molecule has 1 aliphatic carbocycles. The summed E-state index contributed by atoms with van der Waals surface area (Å²) in [6.07, 6.45) is 3.72. The molecular weight excluding hydrogens is 282 g/mol. The Morgan fingerprint density at radius 2 is 2.05 bits per heavy atom. The van der Waals surface area contributed by atoms with Crippen molar-refractivity contribution in [3.05, 3.63) is 29.8 Å². The molecule has 2 N–H and O–H groups in total. The molecule has 1 aromatic rings. The third kappa shape index (κ3) is 3.78. The number of carbonyl (C=O) groups is 2. The Labute approximate surface area is 130 Å². The monoisotopic (exact) mass is 305 g/mol. The fourth-order valence-electron chi connectivity index (χ4n) is 3.05. The van der Waals surface area contributed by atoms with Crippen LogP contribution in [0.2, 0.25) is 0 Å². The van der Waals surface area contributed by atoms with E-state index in [1.807, 2.05) is 6.07 Å². The molecule has 2 rings (SSSR count). The Balaban J connectivity index is 2.25. The molecule has 1 amide bonds. The van der Waals surface area contributed by atoms with Gasteiger partial charge in [0.15, 0.2) is 0 Å². The molecular formula is C17H23NO4. The lowest BCUT2D eigenvalue weighted by Crippen LogP contribution is -2.47. The minimum atomic E-state index is -0.947. The van der Waals surface area contributed by atoms with E-state index in [1.165, 1.54) is 0 Å². The maximum Gasteiger partial charge on any atom is 0.306 e. The lowest BCUT2D eigenvalue weighted by atomic mass is 9.87. The smallest absolute Gasteiger partial charge is 0.306 e. The zero-order valence-electron chi connectivity index (χ0n) is 13.1. The quantitative estimate of drug-likeness (QED) is 0.847. The molecule has 0 aliphatic heterocycles. The highest BCUT2D eigenvalue weighted by molar-refractivity contribution is 5.81. The molecule has 1 fully saturated rings. The number of hydrogen-bond acceptors (Lipinski definition) is 3. The van der Waals surface area contributed by atoms with Crippen molar-refractivity contribution >= 4 is 11.9 Å². The number of nitrogens with one attached hydrogen (secondary N) is 1. The number of hydrogen-bond donors (Lipinski definition) is 2. The van der Waals surface area contributed by atoms with Crippen LogP contribution in [-0.4, -0.2) is 24.1 Å². The van der Waals surface area contributed by atoms with Gasteiger partial charge in [0.05, 0.1) is 19.1 Å². The average Bonchev–Trinajstić information content (AvgIpc) is 3.00. The van der Waals surface area contributed by atoms with Crippen LogP contribution in [0.15, 0.2) is 24.3 Å². The first-order valence-electron chi connectivity index (χ1n) is 7.63. The summed E-state index contributed by atoms with van der Waals surface area (Å²) in [6, 6.07) is 7.19. The van der Waals surface area contributed by atoms with Crippen molar-refractivity contribution in [1.29, 1.82) is 0 Å². The van der Waals surface area contributed by atoms with Crippen molar-refractivity contribution in [2.45, 2.75) is 44.6 Å². The Hall–Kier alpha value is -2.04. The fraction of sp³-hybridized carbons (Fsp3) is 0.529. The molecule has 5 heteroatoms. The second-order valence-electron chi connectivity index (χ2n) is 6.11. The maximum atomic E-state index is 12.4. The summed E-state index contributed by atoms with van der Waals surface area (Å²) < 4.78 is 5.20. The molecule has 22 heavy (non-hydrogen) atoms. The molecule has 5 nitrogen and oxygen atoms in total. The van der Waals surface area contributed by atoms with Crippen LogP contribution in [0.5, 0.6) is 5.75 Å². The second kappa shape index (κ2) is 6.81. The van der Waals surface area contributed by atoms with Gasteiger partial charge in [0.1, 0.15) is 5.75 Å². The van der Waals surface area contributed by atoms with Gasteiger partial charge in [-0.05, 0) is 37.5 Å². The van der Waals surface area contributed by atoms with Crippen LogP contribution >= 0.6 is 0 Å². The summed E-state index contributed by atoms with van der Waals surface area (Å²) in [5.41, 5.74) is -0.208. The number of aliphatic carboxylic acids is 1. The molecule has 0 radical (unpaired) electrons. The van der Waals surface area contributed by atoms with E-state index in [-0.39, 0.29) is 18.2 Å². The van der Waals surface area contributed by atoms with Crippen LogP contribution in [0.4, 0.5) is 0 Å². The van der Waals surface area contributed by atoms with Gasteiger partial charge in [-0.25, -0.2) is 0 Å². The molecule has 1 aliphatic rings. The van der Waals surface area contributed by atoms with Gasteiger partial charge < -0.3 is 15.2 Å². The van der Waals surface area contributed by atoms with Crippen LogP contribution in [0.1, 0.15) is 44.6 Å². The van der Waals surface area contributed by atoms with E-state index in [2.05, 4.69) is 5.32 Å². The van der Waals surface area contributed by atoms with Gasteiger partial charge in [-0.2, -0.15) is 0 Å². The SMILES string of the molecule is COc1cccc(C(C)(CC(=O)O)NC(=O)C2CCCC2)c1. The van der Waals surface area contributed by atoms with Crippen molar-refractivity contribution in [3.63, 3.8) is 0 Å². The van der Waals surface area contributed by atoms with Gasteiger partial charge in [-0.1, -0.05) is 25.0 Å². The van der Waals surface area contributed by atoms with Crippen LogP contribution in [0.3, 0.4) is 0 Å². The summed E-state index contributed by atoms with van der Waals surface area (Å²) in [7, 11) is 1.56. The number of carbonyl (C=O) groups excluding carboxylic acids is 1. The standard InChI is InChI=1S/C17H23NO4/c1-17(11-15(19)20,13-8-5-9-14(10-13)22-2)18-16(21)12-6-3-4-7-12/h5,8-10,12H,3-4,6-7,11H2,1-2H3,(H,18,21)(H,19,20). The van der Waals surface area contributed by atoms with E-state index < -0.39 is 11.5 Å². The highest BCUT2D eigenvalue weighted by atomic mass is 16.5. The summed E-state index contributed by atoms with van der Waals surface area (Å²) in [6.45, 7) is 1.75. The Morgan fingerprint density at radius 1 is 1.36 bits per heavy atom. The average molecular weight is 305 g/mol. The van der Waals surface area contributed by atoms with E-state index in [0.717, 1.165) is 31.2 Å². The summed E-state index contributed by atoms with van der Waals surface area (Å²) in [5.74, 6) is -0.357. The van der Waals surface area contributed by atoms with Gasteiger partial charge in [0, 0.05) is 5.92 Å². The van der Waals surface area contributed by atoms with Crippen LogP contribution in [0, 0.1) is 5.92 Å². The Kier molecular flexibility index (Phi) is 5.06. The van der Waals surface area contributed by atoms with Crippen LogP contribution < -0.4 is 10.1 Å². The van der Waals surface area contributed by atoms with Crippen LogP contribution in [-0.2, 0) is 15.1 Å². The van der Waals surface area contributed by atoms with Gasteiger partial charge in [0.2, 0.25) is 5.91 Å². The maximum absolute atomic E-state index is 12.4. The van der Waals surface area contributed by atoms with Gasteiger partial charge in [0.25, 0.3) is 0 Å². The Morgan fingerprint density at radius 3 is 2.64 bits per heavy atom. The lowest BCUT2D eigenvalue weighted by Gasteiger charge is -2.31. The number of rotatable bonds is 6. The van der Waals surface area contributed by atoms with Gasteiger partial charge in [-0.15, -0.1) is 0 Å². The summed E-state index contributed by atoms with van der Waals surface area (Å²) in [4.78, 5) is 23.7. The number of amides is 1. The molecule has 1 unspecified atom stereocenters. The van der Waals surface area contributed by atoms with E-state index in [1.54, 1.807) is 32.2 Å². The largest absolute Gasteiger partial charge is 0.497 e. The summed E-state index contributed by atoms with van der Waals surface area (Å²) in [5, 5.41) is 12.2. The number of benzene rings is 1. The van der Waals surface area contributed by atoms with Gasteiger partial charge >= 0.3 is 5.97 Å². The number of methoxy groups -OCH3 is 1. The third-order valence-corrected chi connectivity index (χ3v) is 4.34. The highest BCUT2D eigenvalue weighted by Crippen LogP contribution is 2.31. The first-order chi connectivity index (χ1) is 10.4. The molecule has 0 heterocycles. The van der Waals surface area contributed by atoms with Crippen molar-refractivity contribution in [2.24, 2.45) is 5.92 Å². The molecule has 0 bridgehead atoms. The molecule has 1 atom stereocenters. The number of carboxylic acids is 1. The molecule has 0 saturated heterocycles. The van der Waals surface area contributed by atoms with E-state index in [4.69, 9.17) is 4.74 Å². The van der Waals surface area contributed by atoms with E-state index in [0.29, 0.717) is 5.75 Å².